The van der Waals surface area contributed by atoms with Crippen molar-refractivity contribution in [1.29, 1.82) is 10.5 Å². The summed E-state index contributed by atoms with van der Waals surface area (Å²) in [5.41, 5.74) is 11.1. The molecule has 0 aliphatic rings. The standard InChI is InChI=1S/C36H26N4/c1-21-5-9-32-28(13-21)29-14-22(2)6-10-33(29)39(32)27-17-25(19-37)36(26(18-27)20-38)40-34-11-7-23(3)15-30(34)31-16-24(4)8-12-35(31)40/h5-18H,1-4H3. The van der Waals surface area contributed by atoms with Gasteiger partial charge in [-0.1, -0.05) is 46.5 Å². The number of nitriles is 2. The zero-order valence-electron chi connectivity index (χ0n) is 22.9. The second-order valence-corrected chi connectivity index (χ2v) is 10.9. The molecule has 0 saturated carbocycles. The predicted octanol–water partition coefficient (Wildman–Crippen LogP) is 8.86. The number of aromatic nitrogens is 2. The molecular weight excluding hydrogens is 488 g/mol. The van der Waals surface area contributed by atoms with E-state index in [9.17, 15) is 10.5 Å². The van der Waals surface area contributed by atoms with E-state index >= 15 is 0 Å². The van der Waals surface area contributed by atoms with Gasteiger partial charge in [0.15, 0.2) is 0 Å². The Hall–Kier alpha value is -5.32. The van der Waals surface area contributed by atoms with Gasteiger partial charge in [0.2, 0.25) is 0 Å². The van der Waals surface area contributed by atoms with E-state index < -0.39 is 0 Å². The fourth-order valence-electron chi connectivity index (χ4n) is 6.18. The number of rotatable bonds is 2. The number of hydrogen-bond acceptors (Lipinski definition) is 2. The molecule has 0 spiro atoms. The van der Waals surface area contributed by atoms with Crippen LogP contribution in [0.2, 0.25) is 0 Å². The maximum Gasteiger partial charge on any atom is 0.101 e. The lowest BCUT2D eigenvalue weighted by Gasteiger charge is -2.16. The summed E-state index contributed by atoms with van der Waals surface area (Å²) >= 11 is 0. The fraction of sp³-hybridized carbons (Fsp3) is 0.111. The van der Waals surface area contributed by atoms with E-state index in [0.717, 1.165) is 49.3 Å². The average Bonchev–Trinajstić information content (AvgIpc) is 3.43. The lowest BCUT2D eigenvalue weighted by Crippen LogP contribution is -2.04. The molecule has 2 aromatic heterocycles. The first-order valence-corrected chi connectivity index (χ1v) is 13.4. The highest BCUT2D eigenvalue weighted by Gasteiger charge is 2.21. The normalized spacial score (nSPS) is 11.4. The Morgan fingerprint density at radius 2 is 0.775 bits per heavy atom. The van der Waals surface area contributed by atoms with Crippen LogP contribution in [0.4, 0.5) is 0 Å². The molecule has 0 radical (unpaired) electrons. The molecule has 0 N–H and O–H groups in total. The minimum absolute atomic E-state index is 0.461. The third-order valence-electron chi connectivity index (χ3n) is 7.97. The number of benzene rings is 5. The van der Waals surface area contributed by atoms with Crippen molar-refractivity contribution in [3.63, 3.8) is 0 Å². The van der Waals surface area contributed by atoms with Crippen LogP contribution in [0.5, 0.6) is 0 Å². The number of hydrogen-bond donors (Lipinski definition) is 0. The van der Waals surface area contributed by atoms with Gasteiger partial charge >= 0.3 is 0 Å². The summed E-state index contributed by atoms with van der Waals surface area (Å²) < 4.78 is 4.26. The molecular formula is C36H26N4. The van der Waals surface area contributed by atoms with Gasteiger partial charge in [-0.05, 0) is 88.4 Å². The molecule has 0 saturated heterocycles. The minimum atomic E-state index is 0.461. The molecule has 7 rings (SSSR count). The van der Waals surface area contributed by atoms with Gasteiger partial charge in [-0.2, -0.15) is 10.5 Å². The largest absolute Gasteiger partial charge is 0.309 e. The second kappa shape index (κ2) is 8.60. The first-order valence-electron chi connectivity index (χ1n) is 13.4. The molecule has 4 heteroatoms. The third kappa shape index (κ3) is 3.37. The Balaban J connectivity index is 1.59. The summed E-state index contributed by atoms with van der Waals surface area (Å²) in [7, 11) is 0. The predicted molar refractivity (Wildman–Crippen MR) is 163 cm³/mol. The molecule has 4 nitrogen and oxygen atoms in total. The van der Waals surface area contributed by atoms with Gasteiger partial charge in [-0.3, -0.25) is 0 Å². The van der Waals surface area contributed by atoms with Crippen molar-refractivity contribution in [1.82, 2.24) is 9.13 Å². The minimum Gasteiger partial charge on any atom is -0.309 e. The number of nitrogens with zero attached hydrogens (tertiary/aromatic N) is 4. The Kier molecular flexibility index (Phi) is 5.11. The van der Waals surface area contributed by atoms with E-state index in [2.05, 4.69) is 122 Å². The highest BCUT2D eigenvalue weighted by atomic mass is 15.0. The highest BCUT2D eigenvalue weighted by Crippen LogP contribution is 2.38. The van der Waals surface area contributed by atoms with Crippen molar-refractivity contribution >= 4 is 43.6 Å². The first kappa shape index (κ1) is 23.8. The van der Waals surface area contributed by atoms with Crippen LogP contribution in [0, 0.1) is 50.4 Å². The first-order chi connectivity index (χ1) is 19.4. The Labute approximate surface area is 232 Å². The molecule has 2 heterocycles. The Bertz CT molecular complexity index is 2130. The molecule has 0 unspecified atom stereocenters. The molecule has 0 atom stereocenters. The molecule has 0 aliphatic heterocycles. The van der Waals surface area contributed by atoms with Crippen molar-refractivity contribution in [3.05, 3.63) is 118 Å². The molecule has 190 valence electrons. The van der Waals surface area contributed by atoms with Gasteiger partial charge in [0.1, 0.15) is 12.1 Å². The van der Waals surface area contributed by atoms with Gasteiger partial charge in [-0.25, -0.2) is 0 Å². The maximum absolute atomic E-state index is 10.5. The van der Waals surface area contributed by atoms with Crippen molar-refractivity contribution < 1.29 is 0 Å². The second-order valence-electron chi connectivity index (χ2n) is 10.9. The highest BCUT2D eigenvalue weighted by molar-refractivity contribution is 6.11. The van der Waals surface area contributed by atoms with Gasteiger partial charge in [0.25, 0.3) is 0 Å². The summed E-state index contributed by atoms with van der Waals surface area (Å²) in [6, 6.07) is 34.3. The fourth-order valence-corrected chi connectivity index (χ4v) is 6.18. The van der Waals surface area contributed by atoms with E-state index in [1.807, 2.05) is 12.1 Å². The van der Waals surface area contributed by atoms with Crippen LogP contribution in [0.3, 0.4) is 0 Å². The van der Waals surface area contributed by atoms with Crippen LogP contribution >= 0.6 is 0 Å². The molecule has 0 fully saturated rings. The van der Waals surface area contributed by atoms with Crippen LogP contribution in [0.25, 0.3) is 55.0 Å². The van der Waals surface area contributed by atoms with Gasteiger partial charge < -0.3 is 9.13 Å². The topological polar surface area (TPSA) is 57.4 Å². The summed E-state index contributed by atoms with van der Waals surface area (Å²) in [6.07, 6.45) is 0. The van der Waals surface area contributed by atoms with E-state index in [0.29, 0.717) is 16.8 Å². The molecule has 7 aromatic rings. The molecule has 40 heavy (non-hydrogen) atoms. The van der Waals surface area contributed by atoms with Gasteiger partial charge in [-0.15, -0.1) is 0 Å². The lowest BCUT2D eigenvalue weighted by atomic mass is 10.1. The average molecular weight is 515 g/mol. The summed E-state index contributed by atoms with van der Waals surface area (Å²) in [6.45, 7) is 8.37. The van der Waals surface area contributed by atoms with Crippen LogP contribution in [-0.4, -0.2) is 9.13 Å². The number of aryl methyl sites for hydroxylation is 4. The molecule has 5 aromatic carbocycles. The van der Waals surface area contributed by atoms with Crippen LogP contribution < -0.4 is 0 Å². The summed E-state index contributed by atoms with van der Waals surface area (Å²) in [4.78, 5) is 0. The van der Waals surface area contributed by atoms with Gasteiger partial charge in [0, 0.05) is 27.2 Å². The van der Waals surface area contributed by atoms with Crippen LogP contribution in [-0.2, 0) is 0 Å². The summed E-state index contributed by atoms with van der Waals surface area (Å²) in [5.74, 6) is 0. The maximum atomic E-state index is 10.5. The molecule has 0 amide bonds. The number of fused-ring (bicyclic) bond motifs is 6. The van der Waals surface area contributed by atoms with Crippen molar-refractivity contribution in [2.24, 2.45) is 0 Å². The van der Waals surface area contributed by atoms with E-state index in [1.54, 1.807) is 0 Å². The lowest BCUT2D eigenvalue weighted by molar-refractivity contribution is 1.12. The van der Waals surface area contributed by atoms with E-state index in [1.165, 1.54) is 22.3 Å². The van der Waals surface area contributed by atoms with E-state index in [-0.39, 0.29) is 0 Å². The van der Waals surface area contributed by atoms with Crippen molar-refractivity contribution in [2.45, 2.75) is 27.7 Å². The molecule has 0 aliphatic carbocycles. The summed E-state index contributed by atoms with van der Waals surface area (Å²) in [5, 5.41) is 25.6. The third-order valence-corrected chi connectivity index (χ3v) is 7.97. The van der Waals surface area contributed by atoms with Crippen molar-refractivity contribution in [3.8, 4) is 23.5 Å². The Morgan fingerprint density at radius 3 is 1.10 bits per heavy atom. The smallest absolute Gasteiger partial charge is 0.101 e. The van der Waals surface area contributed by atoms with Crippen molar-refractivity contribution in [2.75, 3.05) is 0 Å². The SMILES string of the molecule is Cc1ccc2c(c1)c1cc(C)ccc1n2-c1cc(C#N)c(-n2c3ccc(C)cc3c3cc(C)ccc32)c(C#N)c1. The van der Waals surface area contributed by atoms with E-state index in [4.69, 9.17) is 0 Å². The quantitative estimate of drug-likeness (QED) is 0.231. The molecule has 0 bridgehead atoms. The zero-order valence-corrected chi connectivity index (χ0v) is 22.9. The zero-order chi connectivity index (χ0) is 27.7. The Morgan fingerprint density at radius 1 is 0.450 bits per heavy atom. The monoisotopic (exact) mass is 514 g/mol. The van der Waals surface area contributed by atoms with Gasteiger partial charge in [0.05, 0.1) is 38.9 Å². The van der Waals surface area contributed by atoms with Crippen LogP contribution in [0.1, 0.15) is 33.4 Å². The van der Waals surface area contributed by atoms with Crippen LogP contribution in [0.15, 0.2) is 84.9 Å².